The summed E-state index contributed by atoms with van der Waals surface area (Å²) in [5, 5.41) is 2.31. The number of benzene rings is 1. The van der Waals surface area contributed by atoms with Crippen LogP contribution in [-0.2, 0) is 0 Å². The average Bonchev–Trinajstić information content (AvgIpc) is 2.41. The third-order valence-electron chi connectivity index (χ3n) is 2.45. The fourth-order valence-corrected chi connectivity index (χ4v) is 2.74. The molecule has 1 rings (SSSR count). The number of nitrogens with zero attached hydrogens (tertiary/aromatic N) is 1. The quantitative estimate of drug-likeness (QED) is 0.495. The number of halogens is 2. The maximum absolute atomic E-state index is 12.0. The standard InChI is InChI=1S/C13H16Cl2N2OS2/c1-3-4-7-20-13(19)17(2)16-12(18)9-5-6-10(14)11(15)8-9/h5-6,8H,3-4,7H2,1-2H3,(H,16,18). The second-order valence-electron chi connectivity index (χ2n) is 4.10. The van der Waals surface area contributed by atoms with E-state index in [4.69, 9.17) is 35.4 Å². The van der Waals surface area contributed by atoms with Gasteiger partial charge in [-0.05, 0) is 24.6 Å². The normalized spacial score (nSPS) is 10.2. The molecule has 1 amide bonds. The van der Waals surface area contributed by atoms with Gasteiger partial charge in [0.05, 0.1) is 10.0 Å². The number of amides is 1. The van der Waals surface area contributed by atoms with Crippen molar-refractivity contribution in [2.45, 2.75) is 19.8 Å². The zero-order chi connectivity index (χ0) is 15.1. The number of thioether (sulfide) groups is 1. The number of rotatable bonds is 4. The molecule has 0 unspecified atom stereocenters. The van der Waals surface area contributed by atoms with Gasteiger partial charge in [0.2, 0.25) is 0 Å². The molecule has 0 spiro atoms. The van der Waals surface area contributed by atoms with Crippen molar-refractivity contribution in [2.75, 3.05) is 12.8 Å². The van der Waals surface area contributed by atoms with E-state index < -0.39 is 0 Å². The summed E-state index contributed by atoms with van der Waals surface area (Å²) in [6, 6.07) is 4.73. The van der Waals surface area contributed by atoms with Crippen LogP contribution in [-0.4, -0.2) is 28.0 Å². The number of thiocarbonyl (C=S) groups is 1. The van der Waals surface area contributed by atoms with Crippen LogP contribution in [0, 0.1) is 0 Å². The molecule has 0 aliphatic rings. The predicted octanol–water partition coefficient (Wildman–Crippen LogP) is 4.39. The molecule has 0 atom stereocenters. The Hall–Kier alpha value is -0.490. The highest BCUT2D eigenvalue weighted by Crippen LogP contribution is 2.22. The SMILES string of the molecule is CCCCSC(=S)N(C)NC(=O)c1ccc(Cl)c(Cl)c1. The maximum Gasteiger partial charge on any atom is 0.269 e. The summed E-state index contributed by atoms with van der Waals surface area (Å²) in [5.41, 5.74) is 3.14. The maximum atomic E-state index is 12.0. The highest BCUT2D eigenvalue weighted by molar-refractivity contribution is 8.22. The lowest BCUT2D eigenvalue weighted by Crippen LogP contribution is -2.41. The number of carbonyl (C=O) groups is 1. The molecule has 0 fully saturated rings. The minimum atomic E-state index is -0.274. The Morgan fingerprint density at radius 3 is 2.70 bits per heavy atom. The fourth-order valence-electron chi connectivity index (χ4n) is 1.30. The van der Waals surface area contributed by atoms with E-state index in [1.165, 1.54) is 6.07 Å². The summed E-state index contributed by atoms with van der Waals surface area (Å²) >= 11 is 18.5. The first-order chi connectivity index (χ1) is 9.45. The molecule has 110 valence electrons. The van der Waals surface area contributed by atoms with Crippen LogP contribution in [0.2, 0.25) is 10.0 Å². The van der Waals surface area contributed by atoms with Gasteiger partial charge in [-0.1, -0.05) is 60.5 Å². The smallest absolute Gasteiger partial charge is 0.269 e. The van der Waals surface area contributed by atoms with Crippen molar-refractivity contribution in [2.24, 2.45) is 0 Å². The van der Waals surface area contributed by atoms with E-state index in [-0.39, 0.29) is 5.91 Å². The molecule has 1 aromatic rings. The van der Waals surface area contributed by atoms with Crippen molar-refractivity contribution < 1.29 is 4.79 Å². The Bertz CT molecular complexity index is 497. The number of hydrogen-bond acceptors (Lipinski definition) is 3. The number of hydrogen-bond donors (Lipinski definition) is 1. The summed E-state index contributed by atoms with van der Waals surface area (Å²) in [4.78, 5) is 12.0. The van der Waals surface area contributed by atoms with Crippen molar-refractivity contribution in [3.63, 3.8) is 0 Å². The Morgan fingerprint density at radius 2 is 2.10 bits per heavy atom. The molecule has 3 nitrogen and oxygen atoms in total. The zero-order valence-electron chi connectivity index (χ0n) is 11.3. The Morgan fingerprint density at radius 1 is 1.40 bits per heavy atom. The number of unbranched alkanes of at least 4 members (excludes halogenated alkanes) is 1. The summed E-state index contributed by atoms with van der Waals surface area (Å²) in [5.74, 6) is 0.673. The van der Waals surface area contributed by atoms with Crippen molar-refractivity contribution in [1.29, 1.82) is 0 Å². The Kier molecular flexibility index (Phi) is 7.66. The first-order valence-electron chi connectivity index (χ1n) is 6.12. The molecule has 0 aliphatic heterocycles. The van der Waals surface area contributed by atoms with Crippen LogP contribution in [0.5, 0.6) is 0 Å². The monoisotopic (exact) mass is 350 g/mol. The first-order valence-corrected chi connectivity index (χ1v) is 8.27. The van der Waals surface area contributed by atoms with Crippen molar-refractivity contribution in [1.82, 2.24) is 10.4 Å². The van der Waals surface area contributed by atoms with E-state index >= 15 is 0 Å². The molecule has 20 heavy (non-hydrogen) atoms. The van der Waals surface area contributed by atoms with Gasteiger partial charge in [-0.15, -0.1) is 0 Å². The molecule has 0 saturated carbocycles. The number of hydrazine groups is 1. The highest BCUT2D eigenvalue weighted by Gasteiger charge is 2.12. The van der Waals surface area contributed by atoms with E-state index in [1.54, 1.807) is 36.0 Å². The Labute approximate surface area is 139 Å². The minimum absolute atomic E-state index is 0.274. The van der Waals surface area contributed by atoms with Crippen LogP contribution in [0.4, 0.5) is 0 Å². The molecule has 7 heteroatoms. The van der Waals surface area contributed by atoms with Gasteiger partial charge in [-0.2, -0.15) is 0 Å². The second kappa shape index (κ2) is 8.72. The Balaban J connectivity index is 2.56. The lowest BCUT2D eigenvalue weighted by molar-refractivity contribution is 0.0890. The lowest BCUT2D eigenvalue weighted by Gasteiger charge is -2.20. The van der Waals surface area contributed by atoms with Gasteiger partial charge in [0.15, 0.2) is 4.32 Å². The summed E-state index contributed by atoms with van der Waals surface area (Å²) in [6.45, 7) is 2.12. The van der Waals surface area contributed by atoms with Crippen LogP contribution < -0.4 is 5.43 Å². The molecular weight excluding hydrogens is 335 g/mol. The lowest BCUT2D eigenvalue weighted by atomic mass is 10.2. The van der Waals surface area contributed by atoms with Crippen molar-refractivity contribution in [3.05, 3.63) is 33.8 Å². The molecule has 0 aromatic heterocycles. The van der Waals surface area contributed by atoms with E-state index in [1.807, 2.05) is 0 Å². The topological polar surface area (TPSA) is 32.3 Å². The van der Waals surface area contributed by atoms with Gasteiger partial charge in [0.1, 0.15) is 0 Å². The molecule has 0 heterocycles. The first kappa shape index (κ1) is 17.6. The van der Waals surface area contributed by atoms with Crippen LogP contribution in [0.15, 0.2) is 18.2 Å². The van der Waals surface area contributed by atoms with Crippen LogP contribution >= 0.6 is 47.2 Å². The third kappa shape index (κ3) is 5.48. The predicted molar refractivity (Wildman–Crippen MR) is 91.7 cm³/mol. The molecule has 0 bridgehead atoms. The highest BCUT2D eigenvalue weighted by atomic mass is 35.5. The average molecular weight is 351 g/mol. The largest absolute Gasteiger partial charge is 0.272 e. The number of carbonyl (C=O) groups excluding carboxylic acids is 1. The van der Waals surface area contributed by atoms with Gasteiger partial charge in [0, 0.05) is 18.4 Å². The van der Waals surface area contributed by atoms with E-state index in [9.17, 15) is 4.79 Å². The fraction of sp³-hybridized carbons (Fsp3) is 0.385. The van der Waals surface area contributed by atoms with Gasteiger partial charge in [-0.25, -0.2) is 0 Å². The van der Waals surface area contributed by atoms with Crippen molar-refractivity contribution >= 4 is 57.4 Å². The molecule has 0 radical (unpaired) electrons. The van der Waals surface area contributed by atoms with Gasteiger partial charge >= 0.3 is 0 Å². The molecule has 0 saturated heterocycles. The summed E-state index contributed by atoms with van der Waals surface area (Å²) in [6.07, 6.45) is 2.22. The van der Waals surface area contributed by atoms with Gasteiger partial charge in [0.25, 0.3) is 5.91 Å². The molecule has 1 aromatic carbocycles. The van der Waals surface area contributed by atoms with Crippen LogP contribution in [0.25, 0.3) is 0 Å². The third-order valence-corrected chi connectivity index (χ3v) is 4.83. The van der Waals surface area contributed by atoms with Crippen LogP contribution in [0.3, 0.4) is 0 Å². The summed E-state index contributed by atoms with van der Waals surface area (Å²) < 4.78 is 0.631. The zero-order valence-corrected chi connectivity index (χ0v) is 14.4. The van der Waals surface area contributed by atoms with E-state index in [0.717, 1.165) is 18.6 Å². The summed E-state index contributed by atoms with van der Waals surface area (Å²) in [7, 11) is 1.72. The number of nitrogens with one attached hydrogen (secondary N) is 1. The minimum Gasteiger partial charge on any atom is -0.272 e. The van der Waals surface area contributed by atoms with Crippen molar-refractivity contribution in [3.8, 4) is 0 Å². The van der Waals surface area contributed by atoms with E-state index in [2.05, 4.69) is 12.3 Å². The van der Waals surface area contributed by atoms with E-state index in [0.29, 0.717) is 19.9 Å². The van der Waals surface area contributed by atoms with Crippen LogP contribution in [0.1, 0.15) is 30.1 Å². The molecule has 0 aliphatic carbocycles. The second-order valence-corrected chi connectivity index (χ2v) is 6.64. The van der Waals surface area contributed by atoms with Gasteiger partial charge in [-0.3, -0.25) is 15.2 Å². The molecular formula is C13H16Cl2N2OS2. The van der Waals surface area contributed by atoms with Gasteiger partial charge < -0.3 is 0 Å². The molecule has 1 N–H and O–H groups in total.